The predicted molar refractivity (Wildman–Crippen MR) is 64.5 cm³/mol. The fraction of sp³-hybridized carbons (Fsp3) is 0.556. The van der Waals surface area contributed by atoms with Gasteiger partial charge in [0.05, 0.1) is 10.4 Å². The molecule has 15 heavy (non-hydrogen) atoms. The van der Waals surface area contributed by atoms with Crippen LogP contribution in [0.15, 0.2) is 9.98 Å². The van der Waals surface area contributed by atoms with Gasteiger partial charge in [-0.3, -0.25) is 4.79 Å². The molecule has 1 heterocycles. The van der Waals surface area contributed by atoms with E-state index in [1.54, 1.807) is 0 Å². The number of aromatic nitrogens is 1. The summed E-state index contributed by atoms with van der Waals surface area (Å²) in [6.07, 6.45) is 0. The number of alkyl halides is 1. The smallest absolute Gasteiger partial charge is 0.302 e. The highest BCUT2D eigenvalue weighted by atomic mass is 79.9. The lowest BCUT2D eigenvalue weighted by Crippen LogP contribution is -2.18. The van der Waals surface area contributed by atoms with E-state index in [4.69, 9.17) is 16.3 Å². The molecule has 0 aromatic carbocycles. The van der Waals surface area contributed by atoms with Gasteiger partial charge in [0.2, 0.25) is 0 Å². The molecule has 0 aliphatic carbocycles. The normalized spacial score (nSPS) is 14.7. The molecule has 0 aliphatic heterocycles. The lowest BCUT2D eigenvalue weighted by atomic mass is 10.1. The van der Waals surface area contributed by atoms with Gasteiger partial charge in [0.15, 0.2) is 0 Å². The van der Waals surface area contributed by atoms with Crippen molar-refractivity contribution < 1.29 is 9.53 Å². The molecule has 0 radical (unpaired) electrons. The predicted octanol–water partition coefficient (Wildman–Crippen LogP) is 3.18. The Labute approximate surface area is 106 Å². The molecule has 6 heteroatoms. The zero-order valence-electron chi connectivity index (χ0n) is 8.37. The number of carbonyl (C=O) groups is 1. The molecule has 1 rings (SSSR count). The Morgan fingerprint density at radius 1 is 1.80 bits per heavy atom. The second kappa shape index (κ2) is 5.82. The Bertz CT molecular complexity index is 345. The average Bonchev–Trinajstić information content (AvgIpc) is 2.60. The minimum Gasteiger partial charge on any atom is -0.464 e. The quantitative estimate of drug-likeness (QED) is 0.633. The van der Waals surface area contributed by atoms with Crippen molar-refractivity contribution in [3.63, 3.8) is 0 Å². The zero-order valence-corrected chi connectivity index (χ0v) is 11.5. The van der Waals surface area contributed by atoms with E-state index in [-0.39, 0.29) is 23.9 Å². The van der Waals surface area contributed by atoms with E-state index >= 15 is 0 Å². The van der Waals surface area contributed by atoms with E-state index in [2.05, 4.69) is 20.9 Å². The molecule has 0 bridgehead atoms. The first-order chi connectivity index (χ1) is 7.00. The highest BCUT2D eigenvalue weighted by Crippen LogP contribution is 2.28. The van der Waals surface area contributed by atoms with Crippen LogP contribution in [0.2, 0.25) is 0 Å². The molecule has 0 fully saturated rings. The lowest BCUT2D eigenvalue weighted by Gasteiger charge is -2.14. The molecule has 3 nitrogen and oxygen atoms in total. The van der Waals surface area contributed by atoms with Crippen molar-refractivity contribution in [1.82, 2.24) is 4.98 Å². The van der Waals surface area contributed by atoms with Crippen molar-refractivity contribution in [2.45, 2.75) is 25.1 Å². The Morgan fingerprint density at radius 3 is 2.93 bits per heavy atom. The van der Waals surface area contributed by atoms with Crippen LogP contribution < -0.4 is 0 Å². The van der Waals surface area contributed by atoms with Gasteiger partial charge in [0, 0.05) is 18.2 Å². The Kier molecular flexibility index (Phi) is 5.02. The van der Waals surface area contributed by atoms with Gasteiger partial charge in [-0.05, 0) is 15.9 Å². The summed E-state index contributed by atoms with van der Waals surface area (Å²) in [6.45, 7) is 3.55. The summed E-state index contributed by atoms with van der Waals surface area (Å²) >= 11 is 10.9. The van der Waals surface area contributed by atoms with Gasteiger partial charge < -0.3 is 4.74 Å². The maximum atomic E-state index is 10.6. The first kappa shape index (κ1) is 12.9. The van der Waals surface area contributed by atoms with Crippen LogP contribution in [0.5, 0.6) is 0 Å². The Morgan fingerprint density at radius 2 is 2.47 bits per heavy atom. The summed E-state index contributed by atoms with van der Waals surface area (Å²) in [6, 6.07) is 0. The van der Waals surface area contributed by atoms with Crippen LogP contribution in [0.25, 0.3) is 0 Å². The van der Waals surface area contributed by atoms with Gasteiger partial charge in [-0.1, -0.05) is 6.92 Å². The summed E-state index contributed by atoms with van der Waals surface area (Å²) in [5, 5.41) is 2.60. The second-order valence-electron chi connectivity index (χ2n) is 3.12. The van der Waals surface area contributed by atoms with Crippen molar-refractivity contribution in [1.29, 1.82) is 0 Å². The number of carbonyl (C=O) groups excluding carboxylic acids is 1. The largest absolute Gasteiger partial charge is 0.464 e. The molecule has 1 unspecified atom stereocenters. The van der Waals surface area contributed by atoms with Gasteiger partial charge in [0.1, 0.15) is 11.2 Å². The summed E-state index contributed by atoms with van der Waals surface area (Å²) in [4.78, 5) is 14.9. The number of ether oxygens (including phenoxy) is 1. The van der Waals surface area contributed by atoms with Gasteiger partial charge in [-0.2, -0.15) is 0 Å². The second-order valence-corrected chi connectivity index (χ2v) is 5.38. The number of nitrogens with zero attached hydrogens (tertiary/aromatic N) is 1. The highest BCUT2D eigenvalue weighted by molar-refractivity contribution is 9.10. The van der Waals surface area contributed by atoms with Gasteiger partial charge in [-0.15, -0.1) is 22.9 Å². The molecule has 84 valence electrons. The van der Waals surface area contributed by atoms with Crippen LogP contribution in [0.1, 0.15) is 24.8 Å². The maximum Gasteiger partial charge on any atom is 0.302 e. The molecule has 0 spiro atoms. The number of thiazole rings is 1. The fourth-order valence-electron chi connectivity index (χ4n) is 0.972. The van der Waals surface area contributed by atoms with Crippen molar-refractivity contribution >= 4 is 44.8 Å². The number of hydrogen-bond donors (Lipinski definition) is 0. The third kappa shape index (κ3) is 4.09. The van der Waals surface area contributed by atoms with E-state index in [0.717, 1.165) is 9.61 Å². The zero-order chi connectivity index (χ0) is 11.4. The Hall–Kier alpha value is -0.130. The summed E-state index contributed by atoms with van der Waals surface area (Å²) in [7, 11) is 0. The molecule has 0 aliphatic rings. The first-order valence-electron chi connectivity index (χ1n) is 4.39. The number of halogens is 2. The van der Waals surface area contributed by atoms with Gasteiger partial charge in [-0.25, -0.2) is 4.98 Å². The number of rotatable bonds is 4. The average molecular weight is 313 g/mol. The molecule has 2 atom stereocenters. The molecule has 0 saturated carbocycles. The van der Waals surface area contributed by atoms with Crippen LogP contribution in [0.4, 0.5) is 0 Å². The molecular weight excluding hydrogens is 302 g/mol. The maximum absolute atomic E-state index is 10.6. The van der Waals surface area contributed by atoms with E-state index in [1.807, 2.05) is 12.3 Å². The van der Waals surface area contributed by atoms with E-state index in [9.17, 15) is 4.79 Å². The molecular formula is C9H11BrClNO2S. The molecule has 0 saturated heterocycles. The minimum atomic E-state index is -0.312. The van der Waals surface area contributed by atoms with Crippen LogP contribution in [-0.4, -0.2) is 22.9 Å². The van der Waals surface area contributed by atoms with Crippen molar-refractivity contribution in [2.75, 3.05) is 6.61 Å². The minimum absolute atomic E-state index is 0.0716. The lowest BCUT2D eigenvalue weighted by molar-refractivity contribution is -0.141. The van der Waals surface area contributed by atoms with E-state index in [1.165, 1.54) is 18.3 Å². The van der Waals surface area contributed by atoms with Crippen molar-refractivity contribution in [3.05, 3.63) is 15.0 Å². The van der Waals surface area contributed by atoms with Crippen LogP contribution in [0.3, 0.4) is 0 Å². The van der Waals surface area contributed by atoms with Gasteiger partial charge >= 0.3 is 5.97 Å². The third-order valence-corrected chi connectivity index (χ3v) is 4.13. The first-order valence-corrected chi connectivity index (χ1v) is 6.50. The van der Waals surface area contributed by atoms with Crippen LogP contribution in [-0.2, 0) is 9.53 Å². The van der Waals surface area contributed by atoms with Crippen molar-refractivity contribution in [2.24, 2.45) is 0 Å². The molecule has 1 aromatic rings. The summed E-state index contributed by atoms with van der Waals surface area (Å²) in [5.74, 6) is -0.240. The van der Waals surface area contributed by atoms with Gasteiger partial charge in [0.25, 0.3) is 0 Å². The summed E-state index contributed by atoms with van der Waals surface area (Å²) < 4.78 is 5.66. The van der Waals surface area contributed by atoms with Crippen LogP contribution >= 0.6 is 38.9 Å². The fourth-order valence-corrected chi connectivity index (χ4v) is 2.62. The summed E-state index contributed by atoms with van der Waals surface area (Å²) in [5.41, 5.74) is 0. The monoisotopic (exact) mass is 311 g/mol. The molecule has 1 aromatic heterocycles. The van der Waals surface area contributed by atoms with Crippen LogP contribution in [0, 0.1) is 0 Å². The van der Waals surface area contributed by atoms with E-state index in [0.29, 0.717) is 0 Å². The molecule has 0 N–H and O–H groups in total. The van der Waals surface area contributed by atoms with Crippen molar-refractivity contribution in [3.8, 4) is 0 Å². The SMILES string of the molecule is CC(=O)OCC(Cl)[C@H](C)c1nc(Br)cs1. The topological polar surface area (TPSA) is 39.2 Å². The number of hydrogen-bond acceptors (Lipinski definition) is 4. The Balaban J connectivity index is 2.52. The standard InChI is InChI=1S/C9H11BrClNO2S/c1-5(7(11)3-14-6(2)13)9-12-8(10)4-15-9/h4-5,7H,3H2,1-2H3/t5-,7?/m0/s1. The third-order valence-electron chi connectivity index (χ3n) is 1.87. The highest BCUT2D eigenvalue weighted by Gasteiger charge is 2.20. The van der Waals surface area contributed by atoms with E-state index < -0.39 is 0 Å². The number of esters is 1. The molecule has 0 amide bonds.